The number of aryl methyl sites for hydroxylation is 1. The zero-order valence-electron chi connectivity index (χ0n) is 13.7. The van der Waals surface area contributed by atoms with Crippen LogP contribution < -0.4 is 5.56 Å². The number of amides is 1. The van der Waals surface area contributed by atoms with Crippen LogP contribution in [0.5, 0.6) is 0 Å². The van der Waals surface area contributed by atoms with Gasteiger partial charge in [0.1, 0.15) is 5.69 Å². The van der Waals surface area contributed by atoms with Gasteiger partial charge in [-0.15, -0.1) is 0 Å². The summed E-state index contributed by atoms with van der Waals surface area (Å²) in [6.07, 6.45) is 1.80. The Morgan fingerprint density at radius 2 is 1.75 bits per heavy atom. The molecular formula is C20H20N2O2. The van der Waals surface area contributed by atoms with E-state index in [1.54, 1.807) is 24.1 Å². The first-order chi connectivity index (χ1) is 11.6. The fraction of sp³-hybridized carbons (Fsp3) is 0.200. The molecule has 122 valence electrons. The number of carbonyl (C=O) groups is 1. The third kappa shape index (κ3) is 3.54. The maximum atomic E-state index is 12.5. The van der Waals surface area contributed by atoms with Crippen LogP contribution in [0.3, 0.4) is 0 Å². The molecule has 4 nitrogen and oxygen atoms in total. The van der Waals surface area contributed by atoms with Crippen LogP contribution in [0.15, 0.2) is 65.5 Å². The quantitative estimate of drug-likeness (QED) is 0.784. The van der Waals surface area contributed by atoms with Gasteiger partial charge in [-0.2, -0.15) is 0 Å². The van der Waals surface area contributed by atoms with Crippen molar-refractivity contribution < 1.29 is 4.79 Å². The Hall–Kier alpha value is -2.88. The molecule has 3 aromatic rings. The number of nitrogens with zero attached hydrogens (tertiary/aromatic N) is 1. The highest BCUT2D eigenvalue weighted by Gasteiger charge is 2.13. The van der Waals surface area contributed by atoms with Crippen molar-refractivity contribution in [3.8, 4) is 0 Å². The lowest BCUT2D eigenvalue weighted by atomic mass is 10.1. The molecule has 0 aliphatic carbocycles. The Labute approximate surface area is 140 Å². The van der Waals surface area contributed by atoms with Gasteiger partial charge in [-0.25, -0.2) is 0 Å². The van der Waals surface area contributed by atoms with Crippen LogP contribution in [-0.4, -0.2) is 29.4 Å². The van der Waals surface area contributed by atoms with Crippen molar-refractivity contribution in [1.82, 2.24) is 9.88 Å². The highest BCUT2D eigenvalue weighted by Crippen LogP contribution is 2.11. The molecule has 3 rings (SSSR count). The lowest BCUT2D eigenvalue weighted by Gasteiger charge is -2.17. The number of hydrogen-bond donors (Lipinski definition) is 1. The molecule has 0 bridgehead atoms. The second-order valence-corrected chi connectivity index (χ2v) is 5.92. The topological polar surface area (TPSA) is 53.2 Å². The summed E-state index contributed by atoms with van der Waals surface area (Å²) in [5, 5.41) is 1.38. The van der Waals surface area contributed by atoms with Crippen LogP contribution in [0, 0.1) is 0 Å². The summed E-state index contributed by atoms with van der Waals surface area (Å²) in [7, 11) is 1.76. The molecule has 1 aromatic heterocycles. The zero-order chi connectivity index (χ0) is 16.9. The number of hydrogen-bond acceptors (Lipinski definition) is 2. The third-order valence-corrected chi connectivity index (χ3v) is 4.13. The Bertz CT molecular complexity index is 900. The third-order valence-electron chi connectivity index (χ3n) is 4.13. The van der Waals surface area contributed by atoms with Crippen molar-refractivity contribution in [1.29, 1.82) is 0 Å². The van der Waals surface area contributed by atoms with Gasteiger partial charge in [-0.3, -0.25) is 9.59 Å². The number of fused-ring (bicyclic) bond motifs is 1. The summed E-state index contributed by atoms with van der Waals surface area (Å²) in [4.78, 5) is 29.0. The number of nitrogens with one attached hydrogen (secondary N) is 1. The number of aromatic amines is 1. The number of H-pyrrole nitrogens is 1. The summed E-state index contributed by atoms with van der Waals surface area (Å²) < 4.78 is 0. The van der Waals surface area contributed by atoms with Crippen molar-refractivity contribution in [2.24, 2.45) is 0 Å². The first kappa shape index (κ1) is 16.0. The lowest BCUT2D eigenvalue weighted by molar-refractivity contribution is 0.0788. The van der Waals surface area contributed by atoms with Crippen LogP contribution in [0.25, 0.3) is 10.8 Å². The smallest absolute Gasteiger partial charge is 0.270 e. The van der Waals surface area contributed by atoms with Crippen LogP contribution in [-0.2, 0) is 6.42 Å². The molecule has 0 aliphatic rings. The molecule has 0 spiro atoms. The number of carbonyl (C=O) groups excluding carboxylic acids is 1. The lowest BCUT2D eigenvalue weighted by Crippen LogP contribution is -2.30. The highest BCUT2D eigenvalue weighted by atomic mass is 16.2. The molecule has 0 saturated heterocycles. The van der Waals surface area contributed by atoms with Gasteiger partial charge in [0, 0.05) is 19.0 Å². The fourth-order valence-electron chi connectivity index (χ4n) is 2.80. The number of rotatable bonds is 5. The molecule has 1 heterocycles. The summed E-state index contributed by atoms with van der Waals surface area (Å²) in [5.41, 5.74) is 1.37. The molecule has 0 fully saturated rings. The van der Waals surface area contributed by atoms with Gasteiger partial charge in [-0.1, -0.05) is 48.5 Å². The van der Waals surface area contributed by atoms with Crippen molar-refractivity contribution >= 4 is 16.7 Å². The molecule has 1 N–H and O–H groups in total. The molecule has 1 amide bonds. The predicted molar refractivity (Wildman–Crippen MR) is 96.3 cm³/mol. The van der Waals surface area contributed by atoms with Gasteiger partial charge < -0.3 is 9.88 Å². The van der Waals surface area contributed by atoms with E-state index in [4.69, 9.17) is 0 Å². The zero-order valence-corrected chi connectivity index (χ0v) is 13.7. The van der Waals surface area contributed by atoms with Crippen LogP contribution in [0.1, 0.15) is 22.5 Å². The fourth-order valence-corrected chi connectivity index (χ4v) is 2.80. The maximum Gasteiger partial charge on any atom is 0.270 e. The first-order valence-corrected chi connectivity index (χ1v) is 8.06. The van der Waals surface area contributed by atoms with Gasteiger partial charge in [0.25, 0.3) is 11.5 Å². The van der Waals surface area contributed by atoms with E-state index in [2.05, 4.69) is 17.1 Å². The summed E-state index contributed by atoms with van der Waals surface area (Å²) >= 11 is 0. The Morgan fingerprint density at radius 3 is 2.54 bits per heavy atom. The average molecular weight is 320 g/mol. The Balaban J connectivity index is 1.68. The number of aromatic nitrogens is 1. The Morgan fingerprint density at radius 1 is 1.04 bits per heavy atom. The molecule has 4 heteroatoms. The minimum atomic E-state index is -0.228. The standard InChI is InChI=1S/C20H20N2O2/c1-22(13-7-10-15-8-3-2-4-9-15)20(24)18-14-16-11-5-6-12-17(16)19(23)21-18/h2-6,8-9,11-12,14H,7,10,13H2,1H3,(H,21,23). The molecule has 0 radical (unpaired) electrons. The van der Waals surface area contributed by atoms with E-state index in [0.717, 1.165) is 18.2 Å². The van der Waals surface area contributed by atoms with Gasteiger partial charge in [0.05, 0.1) is 0 Å². The monoisotopic (exact) mass is 320 g/mol. The largest absolute Gasteiger partial charge is 0.340 e. The van der Waals surface area contributed by atoms with Crippen molar-refractivity contribution in [2.45, 2.75) is 12.8 Å². The maximum absolute atomic E-state index is 12.5. The average Bonchev–Trinajstić information content (AvgIpc) is 2.62. The van der Waals surface area contributed by atoms with Gasteiger partial charge in [0.2, 0.25) is 0 Å². The van der Waals surface area contributed by atoms with Crippen molar-refractivity contribution in [3.63, 3.8) is 0 Å². The van der Waals surface area contributed by atoms with Crippen molar-refractivity contribution in [3.05, 3.63) is 82.3 Å². The molecular weight excluding hydrogens is 300 g/mol. The molecule has 0 atom stereocenters. The van der Waals surface area contributed by atoms with E-state index in [0.29, 0.717) is 17.6 Å². The molecule has 0 saturated carbocycles. The predicted octanol–water partition coefficient (Wildman–Crippen LogP) is 3.23. The van der Waals surface area contributed by atoms with E-state index < -0.39 is 0 Å². The highest BCUT2D eigenvalue weighted by molar-refractivity contribution is 5.96. The normalized spacial score (nSPS) is 10.7. The van der Waals surface area contributed by atoms with Gasteiger partial charge in [-0.05, 0) is 35.9 Å². The summed E-state index contributed by atoms with van der Waals surface area (Å²) in [5.74, 6) is -0.161. The molecule has 2 aromatic carbocycles. The van der Waals surface area contributed by atoms with E-state index in [1.165, 1.54) is 5.56 Å². The van der Waals surface area contributed by atoms with Crippen molar-refractivity contribution in [2.75, 3.05) is 13.6 Å². The number of pyridine rings is 1. The van der Waals surface area contributed by atoms with Gasteiger partial charge in [0.15, 0.2) is 0 Å². The minimum absolute atomic E-state index is 0.161. The second kappa shape index (κ2) is 7.13. The van der Waals surface area contributed by atoms with Crippen LogP contribution in [0.4, 0.5) is 0 Å². The van der Waals surface area contributed by atoms with E-state index in [-0.39, 0.29) is 11.5 Å². The minimum Gasteiger partial charge on any atom is -0.340 e. The molecule has 0 unspecified atom stereocenters. The SMILES string of the molecule is CN(CCCc1ccccc1)C(=O)c1cc2ccccc2c(=O)[nH]1. The summed E-state index contributed by atoms with van der Waals surface area (Å²) in [6, 6.07) is 19.2. The molecule has 24 heavy (non-hydrogen) atoms. The van der Waals surface area contributed by atoms with Gasteiger partial charge >= 0.3 is 0 Å². The second-order valence-electron chi connectivity index (χ2n) is 5.92. The van der Waals surface area contributed by atoms with Crippen LogP contribution in [0.2, 0.25) is 0 Å². The van der Waals surface area contributed by atoms with E-state index >= 15 is 0 Å². The Kier molecular flexibility index (Phi) is 4.75. The summed E-state index contributed by atoms with van der Waals surface area (Å²) in [6.45, 7) is 0.641. The van der Waals surface area contributed by atoms with Crippen LogP contribution >= 0.6 is 0 Å². The number of benzene rings is 2. The molecule has 0 aliphatic heterocycles. The van der Waals surface area contributed by atoms with E-state index in [9.17, 15) is 9.59 Å². The van der Waals surface area contributed by atoms with E-state index in [1.807, 2.05) is 36.4 Å². The first-order valence-electron chi connectivity index (χ1n) is 8.06.